The van der Waals surface area contributed by atoms with Crippen molar-refractivity contribution in [1.29, 1.82) is 0 Å². The number of nitrogens with one attached hydrogen (secondary N) is 1. The maximum atomic E-state index is 15.0. The number of aromatic nitrogens is 2. The number of nitrogen functional groups attached to an aromatic ring is 1. The molecule has 31 heavy (non-hydrogen) atoms. The van der Waals surface area contributed by atoms with Crippen molar-refractivity contribution in [2.75, 3.05) is 41.7 Å². The van der Waals surface area contributed by atoms with Crippen LogP contribution in [0.1, 0.15) is 24.8 Å². The standard InChI is InChI=1S/C21H27FN6O2S/c1-13(29)24-11-17-12-28(14(2)30-17)16-3-4-19(18(22)10-16)27-7-5-15(6-8-27)9-20-25-26-21(23)31-20/h3-4,10,15,17H,2,5-9,11-12H2,1H3,(H2,23,26)(H,24,29). The molecule has 10 heteroatoms. The van der Waals surface area contributed by atoms with Gasteiger partial charge in [0.15, 0.2) is 5.88 Å². The van der Waals surface area contributed by atoms with E-state index in [4.69, 9.17) is 10.5 Å². The lowest BCUT2D eigenvalue weighted by Crippen LogP contribution is -2.35. The van der Waals surface area contributed by atoms with Gasteiger partial charge in [0, 0.05) is 32.1 Å². The van der Waals surface area contributed by atoms with Gasteiger partial charge in [0.2, 0.25) is 11.0 Å². The Labute approximate surface area is 184 Å². The number of anilines is 3. The van der Waals surface area contributed by atoms with Gasteiger partial charge in [0.25, 0.3) is 0 Å². The molecule has 0 spiro atoms. The molecule has 1 atom stereocenters. The number of benzene rings is 1. The van der Waals surface area contributed by atoms with Crippen molar-refractivity contribution in [2.45, 2.75) is 32.3 Å². The van der Waals surface area contributed by atoms with Crippen LogP contribution in [0, 0.1) is 11.7 Å². The molecule has 2 aromatic rings. The summed E-state index contributed by atoms with van der Waals surface area (Å²) in [5.41, 5.74) is 6.97. The fourth-order valence-corrected chi connectivity index (χ4v) is 4.83. The summed E-state index contributed by atoms with van der Waals surface area (Å²) in [5, 5.41) is 12.2. The minimum Gasteiger partial charge on any atom is -0.472 e. The maximum Gasteiger partial charge on any atom is 0.217 e. The first-order chi connectivity index (χ1) is 14.9. The van der Waals surface area contributed by atoms with Gasteiger partial charge in [-0.15, -0.1) is 10.2 Å². The van der Waals surface area contributed by atoms with Crippen molar-refractivity contribution in [1.82, 2.24) is 15.5 Å². The van der Waals surface area contributed by atoms with E-state index < -0.39 is 0 Å². The summed E-state index contributed by atoms with van der Waals surface area (Å²) in [4.78, 5) is 15.0. The smallest absolute Gasteiger partial charge is 0.217 e. The van der Waals surface area contributed by atoms with Gasteiger partial charge in [0.1, 0.15) is 16.9 Å². The Bertz CT molecular complexity index is 959. The zero-order valence-corrected chi connectivity index (χ0v) is 18.3. The Morgan fingerprint density at radius 1 is 1.39 bits per heavy atom. The van der Waals surface area contributed by atoms with Crippen LogP contribution in [0.5, 0.6) is 0 Å². The molecule has 1 amide bonds. The molecule has 1 aromatic heterocycles. The van der Waals surface area contributed by atoms with E-state index in [2.05, 4.69) is 27.0 Å². The minimum atomic E-state index is -0.258. The molecule has 2 saturated heterocycles. The highest BCUT2D eigenvalue weighted by Crippen LogP contribution is 2.33. The molecule has 2 aliphatic rings. The van der Waals surface area contributed by atoms with Gasteiger partial charge in [-0.25, -0.2) is 4.39 Å². The van der Waals surface area contributed by atoms with Gasteiger partial charge in [-0.1, -0.05) is 11.3 Å². The van der Waals surface area contributed by atoms with Crippen LogP contribution in [0.4, 0.5) is 20.9 Å². The summed E-state index contributed by atoms with van der Waals surface area (Å²) in [5.74, 6) is 0.599. The number of carbonyl (C=O) groups excluding carboxylic acids is 1. The molecule has 2 aliphatic heterocycles. The zero-order chi connectivity index (χ0) is 22.0. The van der Waals surface area contributed by atoms with Crippen LogP contribution in [-0.4, -0.2) is 48.4 Å². The quantitative estimate of drug-likeness (QED) is 0.704. The number of hydrogen-bond acceptors (Lipinski definition) is 8. The van der Waals surface area contributed by atoms with Crippen LogP contribution in [0.2, 0.25) is 0 Å². The Morgan fingerprint density at radius 2 is 2.16 bits per heavy atom. The molecule has 0 bridgehead atoms. The van der Waals surface area contributed by atoms with E-state index in [1.165, 1.54) is 24.3 Å². The SMILES string of the molecule is C=C1OC(CNC(C)=O)CN1c1ccc(N2CCC(Cc3nnc(N)s3)CC2)c(F)c1. The lowest BCUT2D eigenvalue weighted by Gasteiger charge is -2.33. The van der Waals surface area contributed by atoms with Gasteiger partial charge in [-0.2, -0.15) is 0 Å². The summed E-state index contributed by atoms with van der Waals surface area (Å²) in [7, 11) is 0. The third kappa shape index (κ3) is 5.07. The Balaban J connectivity index is 1.35. The number of halogens is 1. The topological polar surface area (TPSA) is 96.6 Å². The second-order valence-electron chi connectivity index (χ2n) is 7.99. The van der Waals surface area contributed by atoms with E-state index in [0.29, 0.717) is 41.4 Å². The first kappa shape index (κ1) is 21.4. The van der Waals surface area contributed by atoms with Crippen molar-refractivity contribution < 1.29 is 13.9 Å². The van der Waals surface area contributed by atoms with E-state index in [1.807, 2.05) is 17.0 Å². The molecule has 0 radical (unpaired) electrons. The normalized spacial score (nSPS) is 19.5. The first-order valence-electron chi connectivity index (χ1n) is 10.4. The number of nitrogens with two attached hydrogens (primary N) is 1. The minimum absolute atomic E-state index is 0.112. The summed E-state index contributed by atoms with van der Waals surface area (Å²) < 4.78 is 20.7. The van der Waals surface area contributed by atoms with Crippen LogP contribution in [-0.2, 0) is 16.0 Å². The molecule has 166 valence electrons. The van der Waals surface area contributed by atoms with Crippen molar-refractivity contribution in [2.24, 2.45) is 5.92 Å². The van der Waals surface area contributed by atoms with Gasteiger partial charge in [-0.3, -0.25) is 4.79 Å². The van der Waals surface area contributed by atoms with Crippen LogP contribution in [0.25, 0.3) is 0 Å². The van der Waals surface area contributed by atoms with Crippen molar-refractivity contribution in [3.8, 4) is 0 Å². The van der Waals surface area contributed by atoms with Gasteiger partial charge < -0.3 is 25.6 Å². The molecule has 1 unspecified atom stereocenters. The number of amides is 1. The number of piperidine rings is 1. The van der Waals surface area contributed by atoms with E-state index in [-0.39, 0.29) is 17.8 Å². The van der Waals surface area contributed by atoms with Crippen molar-refractivity contribution in [3.63, 3.8) is 0 Å². The third-order valence-electron chi connectivity index (χ3n) is 5.71. The lowest BCUT2D eigenvalue weighted by molar-refractivity contribution is -0.119. The molecule has 1 aromatic carbocycles. The van der Waals surface area contributed by atoms with Crippen LogP contribution < -0.4 is 20.9 Å². The fraction of sp³-hybridized carbons (Fsp3) is 0.476. The van der Waals surface area contributed by atoms with Crippen molar-refractivity contribution in [3.05, 3.63) is 41.5 Å². The second-order valence-corrected chi connectivity index (χ2v) is 9.08. The maximum absolute atomic E-state index is 15.0. The van der Waals surface area contributed by atoms with E-state index in [0.717, 1.165) is 37.4 Å². The third-order valence-corrected chi connectivity index (χ3v) is 6.49. The monoisotopic (exact) mass is 446 g/mol. The largest absolute Gasteiger partial charge is 0.472 e. The van der Waals surface area contributed by atoms with Gasteiger partial charge >= 0.3 is 0 Å². The van der Waals surface area contributed by atoms with E-state index in [9.17, 15) is 9.18 Å². The number of ether oxygens (including phenoxy) is 1. The fourth-order valence-electron chi connectivity index (χ4n) is 4.11. The second kappa shape index (κ2) is 9.09. The molecule has 3 N–H and O–H groups in total. The number of hydrogen-bond donors (Lipinski definition) is 2. The summed E-state index contributed by atoms with van der Waals surface area (Å²) >= 11 is 1.44. The summed E-state index contributed by atoms with van der Waals surface area (Å²) in [6, 6.07) is 5.25. The average molecular weight is 447 g/mol. The van der Waals surface area contributed by atoms with E-state index >= 15 is 0 Å². The first-order valence-corrected chi connectivity index (χ1v) is 11.2. The molecule has 0 saturated carbocycles. The van der Waals surface area contributed by atoms with Gasteiger partial charge in [-0.05, 0) is 43.5 Å². The molecule has 2 fully saturated rings. The molecular formula is C21H27FN6O2S. The van der Waals surface area contributed by atoms with Crippen LogP contribution in [0.15, 0.2) is 30.7 Å². The summed E-state index contributed by atoms with van der Waals surface area (Å²) in [6.07, 6.45) is 2.62. The van der Waals surface area contributed by atoms with Crippen LogP contribution >= 0.6 is 11.3 Å². The number of nitrogens with zero attached hydrogens (tertiary/aromatic N) is 4. The highest BCUT2D eigenvalue weighted by atomic mass is 32.1. The molecule has 0 aliphatic carbocycles. The van der Waals surface area contributed by atoms with Crippen molar-refractivity contribution >= 4 is 33.8 Å². The predicted octanol–water partition coefficient (Wildman–Crippen LogP) is 2.53. The predicted molar refractivity (Wildman–Crippen MR) is 119 cm³/mol. The van der Waals surface area contributed by atoms with E-state index in [1.54, 1.807) is 0 Å². The molecule has 3 heterocycles. The molecule has 4 rings (SSSR count). The lowest BCUT2D eigenvalue weighted by atomic mass is 9.93. The summed E-state index contributed by atoms with van der Waals surface area (Å²) in [6.45, 7) is 7.88. The molecular weight excluding hydrogens is 419 g/mol. The Kier molecular flexibility index (Phi) is 6.26. The van der Waals surface area contributed by atoms with Gasteiger partial charge in [0.05, 0.1) is 18.8 Å². The number of rotatable bonds is 6. The average Bonchev–Trinajstić information content (AvgIpc) is 3.32. The Morgan fingerprint density at radius 3 is 2.81 bits per heavy atom. The highest BCUT2D eigenvalue weighted by Gasteiger charge is 2.29. The zero-order valence-electron chi connectivity index (χ0n) is 17.5. The van der Waals surface area contributed by atoms with Crippen LogP contribution in [0.3, 0.4) is 0 Å². The highest BCUT2D eigenvalue weighted by molar-refractivity contribution is 7.15. The number of carbonyl (C=O) groups is 1. The Hall–Kier alpha value is -2.88. The molecule has 8 nitrogen and oxygen atoms in total.